The second-order valence-electron chi connectivity index (χ2n) is 3.69. The maximum absolute atomic E-state index is 13.3. The zero-order valence-electron chi connectivity index (χ0n) is 9.22. The van der Waals surface area contributed by atoms with Gasteiger partial charge in [0.2, 0.25) is 10.0 Å². The van der Waals surface area contributed by atoms with Crippen molar-refractivity contribution >= 4 is 10.0 Å². The van der Waals surface area contributed by atoms with Crippen molar-refractivity contribution < 1.29 is 12.8 Å². The number of halogens is 1. The first-order valence-corrected chi connectivity index (χ1v) is 6.26. The van der Waals surface area contributed by atoms with Crippen LogP contribution in [0, 0.1) is 5.82 Å². The van der Waals surface area contributed by atoms with E-state index in [0.29, 0.717) is 0 Å². The topological polar surface area (TPSA) is 63.4 Å². The molecule has 0 saturated heterocycles. The quantitative estimate of drug-likeness (QED) is 0.854. The van der Waals surface area contributed by atoms with Crippen LogP contribution in [0.1, 0.15) is 6.92 Å². The fourth-order valence-electron chi connectivity index (χ4n) is 1.33. The van der Waals surface area contributed by atoms with Crippen molar-refractivity contribution in [1.82, 2.24) is 4.31 Å². The van der Waals surface area contributed by atoms with Gasteiger partial charge in [0, 0.05) is 19.6 Å². The van der Waals surface area contributed by atoms with Crippen LogP contribution < -0.4 is 5.73 Å². The van der Waals surface area contributed by atoms with E-state index < -0.39 is 15.8 Å². The van der Waals surface area contributed by atoms with Gasteiger partial charge < -0.3 is 5.73 Å². The lowest BCUT2D eigenvalue weighted by Crippen LogP contribution is -2.37. The predicted octanol–water partition coefficient (Wildman–Crippen LogP) is 0.793. The van der Waals surface area contributed by atoms with Crippen LogP contribution in [0.3, 0.4) is 0 Å². The van der Waals surface area contributed by atoms with E-state index in [1.54, 1.807) is 6.92 Å². The van der Waals surface area contributed by atoms with Crippen LogP contribution >= 0.6 is 0 Å². The molecule has 0 amide bonds. The first kappa shape index (κ1) is 13.1. The van der Waals surface area contributed by atoms with E-state index >= 15 is 0 Å². The van der Waals surface area contributed by atoms with Crippen molar-refractivity contribution in [3.05, 3.63) is 30.1 Å². The Morgan fingerprint density at radius 2 is 2.00 bits per heavy atom. The molecule has 1 aromatic rings. The van der Waals surface area contributed by atoms with Crippen LogP contribution in [-0.4, -0.2) is 32.4 Å². The fourth-order valence-corrected chi connectivity index (χ4v) is 2.66. The Labute approximate surface area is 94.9 Å². The highest BCUT2D eigenvalue weighted by Crippen LogP contribution is 2.17. The van der Waals surface area contributed by atoms with Gasteiger partial charge in [0.05, 0.1) is 0 Å². The van der Waals surface area contributed by atoms with Crippen LogP contribution in [0.4, 0.5) is 4.39 Å². The number of benzene rings is 1. The highest BCUT2D eigenvalue weighted by molar-refractivity contribution is 7.89. The molecule has 6 heteroatoms. The lowest BCUT2D eigenvalue weighted by Gasteiger charge is -2.19. The highest BCUT2D eigenvalue weighted by Gasteiger charge is 2.24. The maximum atomic E-state index is 13.3. The minimum absolute atomic E-state index is 0.149. The average molecular weight is 246 g/mol. The van der Waals surface area contributed by atoms with Crippen molar-refractivity contribution in [1.29, 1.82) is 0 Å². The summed E-state index contributed by atoms with van der Waals surface area (Å²) in [7, 11) is -2.41. The van der Waals surface area contributed by atoms with Gasteiger partial charge in [0.25, 0.3) is 0 Å². The van der Waals surface area contributed by atoms with Crippen molar-refractivity contribution in [3.8, 4) is 0 Å². The highest BCUT2D eigenvalue weighted by atomic mass is 32.2. The summed E-state index contributed by atoms with van der Waals surface area (Å²) in [5, 5.41) is 0. The first-order chi connectivity index (χ1) is 7.35. The van der Waals surface area contributed by atoms with Gasteiger partial charge in [-0.25, -0.2) is 12.8 Å². The minimum atomic E-state index is -3.79. The summed E-state index contributed by atoms with van der Waals surface area (Å²) in [5.41, 5.74) is 5.51. The van der Waals surface area contributed by atoms with E-state index in [-0.39, 0.29) is 17.5 Å². The standard InChI is InChI=1S/C10H15FN2O2S/c1-8(12)7-13(2)16(14,15)10-6-4-3-5-9(10)11/h3-6,8H,7,12H2,1-2H3. The summed E-state index contributed by atoms with van der Waals surface area (Å²) < 4.78 is 38.2. The molecule has 16 heavy (non-hydrogen) atoms. The van der Waals surface area contributed by atoms with Crippen LogP contribution in [0.2, 0.25) is 0 Å². The third-order valence-electron chi connectivity index (χ3n) is 2.07. The molecular weight excluding hydrogens is 231 g/mol. The zero-order chi connectivity index (χ0) is 12.3. The van der Waals surface area contributed by atoms with E-state index in [0.717, 1.165) is 10.4 Å². The molecule has 1 atom stereocenters. The number of nitrogens with two attached hydrogens (primary N) is 1. The van der Waals surface area contributed by atoms with E-state index in [2.05, 4.69) is 0 Å². The summed E-state index contributed by atoms with van der Waals surface area (Å²) in [5.74, 6) is -0.751. The lowest BCUT2D eigenvalue weighted by molar-refractivity contribution is 0.440. The average Bonchev–Trinajstić information content (AvgIpc) is 2.16. The van der Waals surface area contributed by atoms with E-state index in [9.17, 15) is 12.8 Å². The molecular formula is C10H15FN2O2S. The molecule has 90 valence electrons. The third kappa shape index (κ3) is 2.78. The Balaban J connectivity index is 3.08. The van der Waals surface area contributed by atoms with Gasteiger partial charge in [-0.3, -0.25) is 0 Å². The Kier molecular flexibility index (Phi) is 4.01. The van der Waals surface area contributed by atoms with E-state index in [4.69, 9.17) is 5.73 Å². The molecule has 0 bridgehead atoms. The molecule has 0 saturated carbocycles. The normalized spacial score (nSPS) is 14.1. The van der Waals surface area contributed by atoms with Crippen molar-refractivity contribution in [2.45, 2.75) is 17.9 Å². The summed E-state index contributed by atoms with van der Waals surface area (Å²) in [6, 6.07) is 4.98. The second-order valence-corrected chi connectivity index (χ2v) is 5.71. The minimum Gasteiger partial charge on any atom is -0.327 e. The zero-order valence-corrected chi connectivity index (χ0v) is 10.0. The number of hydrogen-bond donors (Lipinski definition) is 1. The van der Waals surface area contributed by atoms with Crippen molar-refractivity contribution in [3.63, 3.8) is 0 Å². The Morgan fingerprint density at radius 1 is 1.44 bits per heavy atom. The number of likely N-dealkylation sites (N-methyl/N-ethyl adjacent to an activating group) is 1. The molecule has 0 heterocycles. The molecule has 4 nitrogen and oxygen atoms in total. The molecule has 0 spiro atoms. The molecule has 0 fully saturated rings. The van der Waals surface area contributed by atoms with Crippen LogP contribution in [-0.2, 0) is 10.0 Å². The summed E-state index contributed by atoms with van der Waals surface area (Å²) in [6.45, 7) is 1.84. The van der Waals surface area contributed by atoms with Gasteiger partial charge in [0.1, 0.15) is 10.7 Å². The monoisotopic (exact) mass is 246 g/mol. The number of sulfonamides is 1. The van der Waals surface area contributed by atoms with Gasteiger partial charge in [-0.1, -0.05) is 12.1 Å². The maximum Gasteiger partial charge on any atom is 0.245 e. The van der Waals surface area contributed by atoms with Gasteiger partial charge >= 0.3 is 0 Å². The van der Waals surface area contributed by atoms with Crippen LogP contribution in [0.5, 0.6) is 0 Å². The van der Waals surface area contributed by atoms with E-state index in [1.807, 2.05) is 0 Å². The number of hydrogen-bond acceptors (Lipinski definition) is 3. The molecule has 2 N–H and O–H groups in total. The Bertz CT molecular complexity index is 460. The lowest BCUT2D eigenvalue weighted by atomic mass is 10.3. The molecule has 1 unspecified atom stereocenters. The van der Waals surface area contributed by atoms with Gasteiger partial charge in [-0.2, -0.15) is 4.31 Å². The van der Waals surface area contributed by atoms with Crippen molar-refractivity contribution in [2.24, 2.45) is 5.73 Å². The van der Waals surface area contributed by atoms with Crippen LogP contribution in [0.25, 0.3) is 0 Å². The molecule has 0 aromatic heterocycles. The summed E-state index contributed by atoms with van der Waals surface area (Å²) in [4.78, 5) is -0.321. The fraction of sp³-hybridized carbons (Fsp3) is 0.400. The Morgan fingerprint density at radius 3 is 2.50 bits per heavy atom. The first-order valence-electron chi connectivity index (χ1n) is 4.82. The molecule has 1 rings (SSSR count). The largest absolute Gasteiger partial charge is 0.327 e. The number of nitrogens with zero attached hydrogens (tertiary/aromatic N) is 1. The molecule has 0 aliphatic carbocycles. The molecule has 1 aromatic carbocycles. The molecule has 0 aliphatic heterocycles. The van der Waals surface area contributed by atoms with Gasteiger partial charge in [0.15, 0.2) is 0 Å². The van der Waals surface area contributed by atoms with Crippen molar-refractivity contribution in [2.75, 3.05) is 13.6 Å². The summed E-state index contributed by atoms with van der Waals surface area (Å²) in [6.07, 6.45) is 0. The second kappa shape index (κ2) is 4.90. The summed E-state index contributed by atoms with van der Waals surface area (Å²) >= 11 is 0. The van der Waals surface area contributed by atoms with Crippen LogP contribution in [0.15, 0.2) is 29.2 Å². The van der Waals surface area contributed by atoms with E-state index in [1.165, 1.54) is 25.2 Å². The predicted molar refractivity (Wildman–Crippen MR) is 59.9 cm³/mol. The third-order valence-corrected chi connectivity index (χ3v) is 3.93. The van der Waals surface area contributed by atoms with Gasteiger partial charge in [-0.15, -0.1) is 0 Å². The SMILES string of the molecule is CC(N)CN(C)S(=O)(=O)c1ccccc1F. The van der Waals surface area contributed by atoms with Gasteiger partial charge in [-0.05, 0) is 19.1 Å². The Hall–Kier alpha value is -0.980. The molecule has 0 radical (unpaired) electrons. The molecule has 0 aliphatic rings. The smallest absolute Gasteiger partial charge is 0.245 e. The number of rotatable bonds is 4.